The molecular formula is C14H14O2. The topological polar surface area (TPSA) is 26.3 Å². The first kappa shape index (κ1) is 10.7. The van der Waals surface area contributed by atoms with Gasteiger partial charge < -0.3 is 9.53 Å². The molecule has 0 spiro atoms. The largest absolute Gasteiger partial charge is 0.490 e. The van der Waals surface area contributed by atoms with E-state index in [0.29, 0.717) is 6.42 Å². The maximum atomic E-state index is 10.3. The van der Waals surface area contributed by atoms with Gasteiger partial charge in [0.2, 0.25) is 0 Å². The summed E-state index contributed by atoms with van der Waals surface area (Å²) in [6.07, 6.45) is 1.23. The van der Waals surface area contributed by atoms with E-state index in [-0.39, 0.29) is 6.10 Å². The Labute approximate surface area is 94.8 Å². The highest BCUT2D eigenvalue weighted by Crippen LogP contribution is 2.21. The Morgan fingerprint density at radius 1 is 1.19 bits per heavy atom. The number of ether oxygens (including phenoxy) is 1. The maximum Gasteiger partial charge on any atom is 0.123 e. The number of hydrogen-bond donors (Lipinski definition) is 0. The van der Waals surface area contributed by atoms with Crippen LogP contribution in [0.2, 0.25) is 0 Å². The Kier molecular flexibility index (Phi) is 3.20. The molecule has 0 aliphatic rings. The first-order chi connectivity index (χ1) is 7.79. The highest BCUT2D eigenvalue weighted by molar-refractivity contribution is 5.83. The number of fused-ring (bicyclic) bond motifs is 1. The molecule has 0 saturated heterocycles. The third-order valence-corrected chi connectivity index (χ3v) is 2.49. The second-order valence-electron chi connectivity index (χ2n) is 3.84. The average Bonchev–Trinajstić information content (AvgIpc) is 2.29. The third-order valence-electron chi connectivity index (χ3n) is 2.49. The van der Waals surface area contributed by atoms with Crippen molar-refractivity contribution in [2.75, 3.05) is 0 Å². The van der Waals surface area contributed by atoms with Crippen molar-refractivity contribution in [1.29, 1.82) is 0 Å². The fourth-order valence-corrected chi connectivity index (χ4v) is 1.66. The summed E-state index contributed by atoms with van der Waals surface area (Å²) < 4.78 is 5.63. The first-order valence-electron chi connectivity index (χ1n) is 5.38. The van der Waals surface area contributed by atoms with Gasteiger partial charge in [0.05, 0.1) is 0 Å². The van der Waals surface area contributed by atoms with Crippen LogP contribution in [0.1, 0.15) is 13.3 Å². The quantitative estimate of drug-likeness (QED) is 0.730. The van der Waals surface area contributed by atoms with Gasteiger partial charge in [0, 0.05) is 6.42 Å². The summed E-state index contributed by atoms with van der Waals surface area (Å²) in [5, 5.41) is 2.34. The highest BCUT2D eigenvalue weighted by Gasteiger charge is 2.03. The van der Waals surface area contributed by atoms with E-state index in [4.69, 9.17) is 4.74 Å². The lowest BCUT2D eigenvalue weighted by molar-refractivity contribution is -0.109. The summed E-state index contributed by atoms with van der Waals surface area (Å²) in [7, 11) is 0. The van der Waals surface area contributed by atoms with Gasteiger partial charge in [-0.15, -0.1) is 0 Å². The molecule has 16 heavy (non-hydrogen) atoms. The predicted molar refractivity (Wildman–Crippen MR) is 64.7 cm³/mol. The highest BCUT2D eigenvalue weighted by atomic mass is 16.5. The molecule has 2 rings (SSSR count). The van der Waals surface area contributed by atoms with Crippen LogP contribution in [0, 0.1) is 0 Å². The van der Waals surface area contributed by atoms with E-state index in [1.54, 1.807) is 0 Å². The molecule has 0 amide bonds. The number of carbonyl (C=O) groups excluding carboxylic acids is 1. The minimum absolute atomic E-state index is 0.0707. The molecule has 2 heteroatoms. The summed E-state index contributed by atoms with van der Waals surface area (Å²) in [5.41, 5.74) is 0. The summed E-state index contributed by atoms with van der Waals surface area (Å²) in [4.78, 5) is 10.3. The van der Waals surface area contributed by atoms with E-state index in [2.05, 4.69) is 6.07 Å². The third kappa shape index (κ3) is 2.40. The predicted octanol–water partition coefficient (Wildman–Crippen LogP) is 3.20. The van der Waals surface area contributed by atoms with Crippen LogP contribution >= 0.6 is 0 Å². The van der Waals surface area contributed by atoms with Crippen LogP contribution in [0.4, 0.5) is 0 Å². The Hall–Kier alpha value is -1.83. The van der Waals surface area contributed by atoms with Gasteiger partial charge in [-0.2, -0.15) is 0 Å². The molecule has 2 nitrogen and oxygen atoms in total. The monoisotopic (exact) mass is 214 g/mol. The minimum Gasteiger partial charge on any atom is -0.490 e. The number of benzene rings is 2. The molecule has 0 aromatic heterocycles. The van der Waals surface area contributed by atoms with Crippen LogP contribution in [0.3, 0.4) is 0 Å². The SMILES string of the molecule is CC(CC=O)Oc1ccc2ccccc2c1. The Balaban J connectivity index is 2.22. The standard InChI is InChI=1S/C14H14O2/c1-11(8-9-15)16-14-7-6-12-4-2-3-5-13(12)10-14/h2-7,9-11H,8H2,1H3. The van der Waals surface area contributed by atoms with Crippen molar-refractivity contribution in [2.24, 2.45) is 0 Å². The van der Waals surface area contributed by atoms with Gasteiger partial charge in [0.1, 0.15) is 18.1 Å². The molecule has 0 fully saturated rings. The van der Waals surface area contributed by atoms with E-state index in [1.165, 1.54) is 5.39 Å². The lowest BCUT2D eigenvalue weighted by Gasteiger charge is -2.12. The van der Waals surface area contributed by atoms with Crippen LogP contribution < -0.4 is 4.74 Å². The fourth-order valence-electron chi connectivity index (χ4n) is 1.66. The van der Waals surface area contributed by atoms with E-state index in [0.717, 1.165) is 17.4 Å². The van der Waals surface area contributed by atoms with Crippen molar-refractivity contribution >= 4 is 17.1 Å². The molecule has 0 aliphatic carbocycles. The zero-order valence-electron chi connectivity index (χ0n) is 9.22. The number of carbonyl (C=O) groups is 1. The molecular weight excluding hydrogens is 200 g/mol. The van der Waals surface area contributed by atoms with Crippen molar-refractivity contribution in [1.82, 2.24) is 0 Å². The molecule has 2 aromatic rings. The van der Waals surface area contributed by atoms with Crippen LogP contribution in [-0.4, -0.2) is 12.4 Å². The van der Waals surface area contributed by atoms with Crippen molar-refractivity contribution in [2.45, 2.75) is 19.4 Å². The van der Waals surface area contributed by atoms with Crippen molar-refractivity contribution in [3.8, 4) is 5.75 Å². The first-order valence-corrected chi connectivity index (χ1v) is 5.38. The van der Waals surface area contributed by atoms with Gasteiger partial charge in [-0.05, 0) is 29.8 Å². The molecule has 0 N–H and O–H groups in total. The lowest BCUT2D eigenvalue weighted by Crippen LogP contribution is -2.11. The van der Waals surface area contributed by atoms with Gasteiger partial charge in [-0.25, -0.2) is 0 Å². The van der Waals surface area contributed by atoms with E-state index in [1.807, 2.05) is 43.3 Å². The molecule has 0 aliphatic heterocycles. The van der Waals surface area contributed by atoms with Gasteiger partial charge in [-0.1, -0.05) is 30.3 Å². The summed E-state index contributed by atoms with van der Waals surface area (Å²) >= 11 is 0. The normalized spacial score (nSPS) is 12.3. The van der Waals surface area contributed by atoms with Gasteiger partial charge in [0.25, 0.3) is 0 Å². The molecule has 1 atom stereocenters. The maximum absolute atomic E-state index is 10.3. The number of aldehydes is 1. The Bertz CT molecular complexity index is 491. The summed E-state index contributed by atoms with van der Waals surface area (Å²) in [5.74, 6) is 0.813. The minimum atomic E-state index is -0.0707. The van der Waals surface area contributed by atoms with Crippen LogP contribution in [0.5, 0.6) is 5.75 Å². The average molecular weight is 214 g/mol. The molecule has 0 saturated carbocycles. The molecule has 0 radical (unpaired) electrons. The van der Waals surface area contributed by atoms with Gasteiger partial charge in [0.15, 0.2) is 0 Å². The summed E-state index contributed by atoms with van der Waals surface area (Å²) in [6, 6.07) is 14.1. The number of hydrogen-bond acceptors (Lipinski definition) is 2. The summed E-state index contributed by atoms with van der Waals surface area (Å²) in [6.45, 7) is 1.89. The van der Waals surface area contributed by atoms with E-state index in [9.17, 15) is 4.79 Å². The lowest BCUT2D eigenvalue weighted by atomic mass is 10.1. The van der Waals surface area contributed by atoms with Crippen molar-refractivity contribution in [3.63, 3.8) is 0 Å². The van der Waals surface area contributed by atoms with Crippen LogP contribution in [0.15, 0.2) is 42.5 Å². The van der Waals surface area contributed by atoms with Crippen molar-refractivity contribution in [3.05, 3.63) is 42.5 Å². The zero-order valence-corrected chi connectivity index (χ0v) is 9.22. The molecule has 82 valence electrons. The van der Waals surface area contributed by atoms with Crippen LogP contribution in [-0.2, 0) is 4.79 Å². The Morgan fingerprint density at radius 2 is 1.94 bits per heavy atom. The molecule has 0 heterocycles. The van der Waals surface area contributed by atoms with Gasteiger partial charge >= 0.3 is 0 Å². The van der Waals surface area contributed by atoms with E-state index < -0.39 is 0 Å². The molecule has 2 aromatic carbocycles. The second kappa shape index (κ2) is 4.79. The fraction of sp³-hybridized carbons (Fsp3) is 0.214. The Morgan fingerprint density at radius 3 is 2.69 bits per heavy atom. The smallest absolute Gasteiger partial charge is 0.123 e. The number of rotatable bonds is 4. The second-order valence-corrected chi connectivity index (χ2v) is 3.84. The zero-order chi connectivity index (χ0) is 11.4. The molecule has 0 bridgehead atoms. The van der Waals surface area contributed by atoms with Crippen LogP contribution in [0.25, 0.3) is 10.8 Å². The van der Waals surface area contributed by atoms with E-state index >= 15 is 0 Å². The van der Waals surface area contributed by atoms with Gasteiger partial charge in [-0.3, -0.25) is 0 Å². The molecule has 1 unspecified atom stereocenters. The van der Waals surface area contributed by atoms with Crippen molar-refractivity contribution < 1.29 is 9.53 Å².